The molecule has 40 heavy (non-hydrogen) atoms. The van der Waals surface area contributed by atoms with Crippen molar-refractivity contribution in [1.29, 1.82) is 0 Å². The van der Waals surface area contributed by atoms with Crippen LogP contribution in [-0.4, -0.2) is 62.2 Å². The molecule has 216 valence electrons. The van der Waals surface area contributed by atoms with E-state index in [1.165, 1.54) is 4.90 Å². The SMILES string of the molecule is CCc1cc(S(=O)(=O)CC)ccc1CNC(=O)c1ccc2c(c1)CN(C1=NC=C(C(F)(F)F)CN1C)C[C@@H]2CC. The molecule has 0 aliphatic carbocycles. The number of alkyl halides is 3. The molecular weight excluding hydrogens is 541 g/mol. The highest BCUT2D eigenvalue weighted by atomic mass is 32.2. The Kier molecular flexibility index (Phi) is 8.63. The number of guanidine groups is 1. The highest BCUT2D eigenvalue weighted by molar-refractivity contribution is 7.91. The first-order valence-electron chi connectivity index (χ1n) is 13.4. The average molecular weight is 577 g/mol. The molecule has 4 rings (SSSR count). The topological polar surface area (TPSA) is 82.1 Å². The zero-order chi connectivity index (χ0) is 29.2. The van der Waals surface area contributed by atoms with Crippen LogP contribution in [0.2, 0.25) is 0 Å². The number of carbonyl (C=O) groups excluding carboxylic acids is 1. The molecule has 0 radical (unpaired) electrons. The summed E-state index contributed by atoms with van der Waals surface area (Å²) in [6.07, 6.45) is -2.05. The van der Waals surface area contributed by atoms with Gasteiger partial charge in [0.05, 0.1) is 22.8 Å². The van der Waals surface area contributed by atoms with Gasteiger partial charge < -0.3 is 15.1 Å². The lowest BCUT2D eigenvalue weighted by atomic mass is 9.87. The number of aliphatic imine (C=N–C) groups is 1. The summed E-state index contributed by atoms with van der Waals surface area (Å²) in [7, 11) is -1.72. The van der Waals surface area contributed by atoms with Crippen molar-refractivity contribution in [2.45, 2.75) is 63.7 Å². The number of nitrogens with zero attached hydrogens (tertiary/aromatic N) is 3. The largest absolute Gasteiger partial charge is 0.415 e. The van der Waals surface area contributed by atoms with E-state index in [2.05, 4.69) is 17.2 Å². The van der Waals surface area contributed by atoms with Gasteiger partial charge in [-0.15, -0.1) is 0 Å². The standard InChI is InChI=1S/C29H35F3N4O3S/c1-5-19-13-25(40(38,39)7-3)10-8-22(19)14-33-27(37)21-9-11-26-20(6-2)16-36(17-23(26)12-21)28-34-15-24(18-35(28)4)29(30,31)32/h8-13,15,20H,5-7,14,16-18H2,1-4H3,(H,33,37)/t20-/m0/s1. The van der Waals surface area contributed by atoms with Crippen LogP contribution in [0.4, 0.5) is 13.2 Å². The predicted molar refractivity (Wildman–Crippen MR) is 149 cm³/mol. The number of hydrogen-bond acceptors (Lipinski definition) is 6. The van der Waals surface area contributed by atoms with Crippen LogP contribution in [0.1, 0.15) is 65.7 Å². The van der Waals surface area contributed by atoms with Gasteiger partial charge in [0, 0.05) is 44.4 Å². The van der Waals surface area contributed by atoms with Crippen LogP contribution in [0.15, 0.2) is 58.1 Å². The number of halogens is 3. The second-order valence-electron chi connectivity index (χ2n) is 10.2. The number of rotatable bonds is 7. The first-order chi connectivity index (χ1) is 18.9. The van der Waals surface area contributed by atoms with Crippen molar-refractivity contribution < 1.29 is 26.4 Å². The highest BCUT2D eigenvalue weighted by Crippen LogP contribution is 2.34. The van der Waals surface area contributed by atoms with Crippen LogP contribution < -0.4 is 5.32 Å². The fourth-order valence-corrected chi connectivity index (χ4v) is 6.18. The van der Waals surface area contributed by atoms with Crippen molar-refractivity contribution in [3.05, 3.63) is 76.0 Å². The molecule has 11 heteroatoms. The summed E-state index contributed by atoms with van der Waals surface area (Å²) in [5.41, 5.74) is 3.58. The third kappa shape index (κ3) is 6.19. The Bertz CT molecular complexity index is 1450. The van der Waals surface area contributed by atoms with E-state index in [1.807, 2.05) is 24.0 Å². The van der Waals surface area contributed by atoms with Gasteiger partial charge in [0.25, 0.3) is 5.91 Å². The van der Waals surface area contributed by atoms with E-state index in [0.717, 1.165) is 34.9 Å². The number of hydrogen-bond donors (Lipinski definition) is 1. The van der Waals surface area contributed by atoms with Crippen LogP contribution in [0.25, 0.3) is 0 Å². The molecule has 0 aromatic heterocycles. The lowest BCUT2D eigenvalue weighted by Crippen LogP contribution is -2.48. The second kappa shape index (κ2) is 11.6. The zero-order valence-corrected chi connectivity index (χ0v) is 24.0. The Morgan fingerprint density at radius 2 is 1.82 bits per heavy atom. The minimum absolute atomic E-state index is 0.0236. The lowest BCUT2D eigenvalue weighted by Gasteiger charge is -2.40. The van der Waals surface area contributed by atoms with E-state index >= 15 is 0 Å². The van der Waals surface area contributed by atoms with Gasteiger partial charge in [0.1, 0.15) is 0 Å². The fraction of sp³-hybridized carbons (Fsp3) is 0.448. The van der Waals surface area contributed by atoms with Crippen LogP contribution in [-0.2, 0) is 29.3 Å². The Morgan fingerprint density at radius 1 is 1.07 bits per heavy atom. The second-order valence-corrected chi connectivity index (χ2v) is 12.5. The van der Waals surface area contributed by atoms with Gasteiger partial charge in [-0.2, -0.15) is 13.2 Å². The first kappa shape index (κ1) is 29.6. The Hall–Kier alpha value is -3.34. The monoisotopic (exact) mass is 576 g/mol. The third-order valence-electron chi connectivity index (χ3n) is 7.61. The van der Waals surface area contributed by atoms with E-state index < -0.39 is 21.6 Å². The number of aryl methyl sites for hydroxylation is 1. The van der Waals surface area contributed by atoms with Crippen LogP contribution in [0.5, 0.6) is 0 Å². The zero-order valence-electron chi connectivity index (χ0n) is 23.2. The van der Waals surface area contributed by atoms with Crippen LogP contribution in [0.3, 0.4) is 0 Å². The summed E-state index contributed by atoms with van der Waals surface area (Å²) in [4.78, 5) is 21.1. The van der Waals surface area contributed by atoms with Gasteiger partial charge in [-0.1, -0.05) is 32.9 Å². The Labute approximate surface area is 233 Å². The van der Waals surface area contributed by atoms with E-state index in [-0.39, 0.29) is 35.6 Å². The Morgan fingerprint density at radius 3 is 2.45 bits per heavy atom. The van der Waals surface area contributed by atoms with Crippen molar-refractivity contribution in [2.24, 2.45) is 4.99 Å². The molecule has 2 aliphatic rings. The molecule has 1 N–H and O–H groups in total. The molecule has 1 atom stereocenters. The molecule has 2 heterocycles. The maximum atomic E-state index is 13.2. The van der Waals surface area contributed by atoms with Gasteiger partial charge in [-0.25, -0.2) is 13.4 Å². The first-order valence-corrected chi connectivity index (χ1v) is 15.1. The Balaban J connectivity index is 1.53. The number of nitrogens with one attached hydrogen (secondary N) is 1. The molecule has 0 fully saturated rings. The highest BCUT2D eigenvalue weighted by Gasteiger charge is 2.38. The van der Waals surface area contributed by atoms with Crippen molar-refractivity contribution in [1.82, 2.24) is 15.1 Å². The number of likely N-dealkylation sites (N-methyl/N-ethyl adjacent to an activating group) is 1. The van der Waals surface area contributed by atoms with Gasteiger partial charge in [0.2, 0.25) is 5.96 Å². The minimum Gasteiger partial charge on any atom is -0.348 e. The number of amides is 1. The maximum absolute atomic E-state index is 13.2. The smallest absolute Gasteiger partial charge is 0.348 e. The third-order valence-corrected chi connectivity index (χ3v) is 9.34. The molecule has 2 aliphatic heterocycles. The molecule has 7 nitrogen and oxygen atoms in total. The lowest BCUT2D eigenvalue weighted by molar-refractivity contribution is -0.0950. The number of fused-ring (bicyclic) bond motifs is 1. The van der Waals surface area contributed by atoms with Crippen molar-refractivity contribution in [3.63, 3.8) is 0 Å². The fourth-order valence-electron chi connectivity index (χ4n) is 5.25. The summed E-state index contributed by atoms with van der Waals surface area (Å²) >= 11 is 0. The molecule has 0 spiro atoms. The quantitative estimate of drug-likeness (QED) is 0.500. The maximum Gasteiger partial charge on any atom is 0.415 e. The van der Waals surface area contributed by atoms with Gasteiger partial charge >= 0.3 is 6.18 Å². The average Bonchev–Trinajstić information content (AvgIpc) is 2.94. The van der Waals surface area contributed by atoms with Crippen molar-refractivity contribution in [3.8, 4) is 0 Å². The van der Waals surface area contributed by atoms with Gasteiger partial charge in [-0.3, -0.25) is 4.79 Å². The van der Waals surface area contributed by atoms with Gasteiger partial charge in [-0.05, 0) is 59.4 Å². The minimum atomic E-state index is -4.42. The molecule has 0 saturated carbocycles. The molecule has 2 aromatic carbocycles. The van der Waals surface area contributed by atoms with Crippen LogP contribution in [0, 0.1) is 0 Å². The number of carbonyl (C=O) groups is 1. The van der Waals surface area contributed by atoms with E-state index in [4.69, 9.17) is 0 Å². The predicted octanol–water partition coefficient (Wildman–Crippen LogP) is 5.03. The van der Waals surface area contributed by atoms with Crippen molar-refractivity contribution >= 4 is 21.7 Å². The number of benzene rings is 2. The number of sulfone groups is 1. The molecule has 0 bridgehead atoms. The van der Waals surface area contributed by atoms with Gasteiger partial charge in [0.15, 0.2) is 9.84 Å². The summed E-state index contributed by atoms with van der Waals surface area (Å²) < 4.78 is 64.0. The van der Waals surface area contributed by atoms with E-state index in [0.29, 0.717) is 31.0 Å². The van der Waals surface area contributed by atoms with E-state index in [1.54, 1.807) is 38.2 Å². The summed E-state index contributed by atoms with van der Waals surface area (Å²) in [5, 5.41) is 2.95. The summed E-state index contributed by atoms with van der Waals surface area (Å²) in [6.45, 7) is 6.65. The normalized spacial score (nSPS) is 17.7. The molecule has 2 aromatic rings. The summed E-state index contributed by atoms with van der Waals surface area (Å²) in [6, 6.07) is 10.6. The molecular formula is C29H35F3N4O3S. The summed E-state index contributed by atoms with van der Waals surface area (Å²) in [5.74, 6) is 0.392. The van der Waals surface area contributed by atoms with E-state index in [9.17, 15) is 26.4 Å². The van der Waals surface area contributed by atoms with Crippen LogP contribution >= 0.6 is 0 Å². The molecule has 0 unspecified atom stereocenters. The molecule has 0 saturated heterocycles. The van der Waals surface area contributed by atoms with Crippen molar-refractivity contribution in [2.75, 3.05) is 25.9 Å². The molecule has 1 amide bonds.